The minimum absolute atomic E-state index is 0.0663. The zero-order valence-electron chi connectivity index (χ0n) is 39.6. The number of carbonyl (C=O) groups is 2. The van der Waals surface area contributed by atoms with Crippen molar-refractivity contribution in [2.45, 2.75) is 262 Å². The van der Waals surface area contributed by atoms with Gasteiger partial charge in [-0.05, 0) is 49.8 Å². The van der Waals surface area contributed by atoms with Gasteiger partial charge in [0.05, 0.1) is 25.4 Å². The molecule has 1 aliphatic heterocycles. The Kier molecular flexibility index (Phi) is 33.4. The van der Waals surface area contributed by atoms with Crippen LogP contribution in [0.1, 0.15) is 212 Å². The van der Waals surface area contributed by atoms with Crippen molar-refractivity contribution in [3.05, 3.63) is 29.8 Å². The van der Waals surface area contributed by atoms with Gasteiger partial charge in [0.1, 0.15) is 30.5 Å². The first-order valence-corrected chi connectivity index (χ1v) is 25.6. The summed E-state index contributed by atoms with van der Waals surface area (Å²) in [6.45, 7) is 3.41. The molecule has 366 valence electrons. The third-order valence-electron chi connectivity index (χ3n) is 12.7. The van der Waals surface area contributed by atoms with Crippen molar-refractivity contribution < 1.29 is 49.7 Å². The summed E-state index contributed by atoms with van der Waals surface area (Å²) in [5, 5.41) is 68.2. The second-order valence-electron chi connectivity index (χ2n) is 18.4. The first-order chi connectivity index (χ1) is 30.6. The van der Waals surface area contributed by atoms with E-state index in [-0.39, 0.29) is 37.5 Å². The van der Waals surface area contributed by atoms with E-state index in [1.54, 1.807) is 0 Å². The van der Waals surface area contributed by atoms with Gasteiger partial charge in [0.2, 0.25) is 11.8 Å². The van der Waals surface area contributed by atoms with E-state index in [4.69, 9.17) is 9.47 Å². The van der Waals surface area contributed by atoms with Crippen molar-refractivity contribution >= 4 is 17.5 Å². The van der Waals surface area contributed by atoms with E-state index in [9.17, 15) is 40.2 Å². The van der Waals surface area contributed by atoms with Crippen LogP contribution in [0.5, 0.6) is 0 Å². The van der Waals surface area contributed by atoms with Crippen LogP contribution < -0.4 is 10.6 Å². The van der Waals surface area contributed by atoms with Gasteiger partial charge < -0.3 is 50.7 Å². The molecule has 8 N–H and O–H groups in total. The zero-order valence-corrected chi connectivity index (χ0v) is 39.6. The molecule has 1 heterocycles. The molecule has 1 aromatic carbocycles. The average Bonchev–Trinajstić information content (AvgIpc) is 3.28. The Morgan fingerprint density at radius 1 is 0.603 bits per heavy atom. The highest BCUT2D eigenvalue weighted by atomic mass is 16.7. The van der Waals surface area contributed by atoms with E-state index >= 15 is 0 Å². The van der Waals surface area contributed by atoms with E-state index in [1.807, 2.05) is 24.3 Å². The number of rotatable bonds is 40. The number of aryl methyl sites for hydroxylation is 1. The summed E-state index contributed by atoms with van der Waals surface area (Å²) in [5.41, 5.74) is 1.91. The van der Waals surface area contributed by atoms with Crippen molar-refractivity contribution in [3.8, 4) is 0 Å². The largest absolute Gasteiger partial charge is 0.394 e. The second kappa shape index (κ2) is 37.0. The van der Waals surface area contributed by atoms with Gasteiger partial charge in [-0.1, -0.05) is 180 Å². The molecule has 63 heavy (non-hydrogen) atoms. The number of aliphatic hydroxyl groups is 6. The Labute approximate surface area is 381 Å². The van der Waals surface area contributed by atoms with Gasteiger partial charge in [0, 0.05) is 18.5 Å². The maximum Gasteiger partial charge on any atom is 0.224 e. The molecule has 1 fully saturated rings. The van der Waals surface area contributed by atoms with E-state index in [0.717, 1.165) is 38.5 Å². The fraction of sp³-hybridized carbons (Fsp3) is 0.843. The van der Waals surface area contributed by atoms with Crippen molar-refractivity contribution in [3.63, 3.8) is 0 Å². The van der Waals surface area contributed by atoms with Crippen LogP contribution in [0, 0.1) is 0 Å². The number of hydrogen-bond acceptors (Lipinski definition) is 10. The van der Waals surface area contributed by atoms with Crippen LogP contribution in [-0.2, 0) is 25.5 Å². The number of hydrogen-bond donors (Lipinski definition) is 8. The maximum atomic E-state index is 13.1. The number of unbranched alkanes of at least 4 members (excludes halogenated alkanes) is 24. The van der Waals surface area contributed by atoms with E-state index in [2.05, 4.69) is 24.5 Å². The van der Waals surface area contributed by atoms with Crippen LogP contribution in [0.3, 0.4) is 0 Å². The predicted molar refractivity (Wildman–Crippen MR) is 252 cm³/mol. The first-order valence-electron chi connectivity index (χ1n) is 25.6. The molecule has 0 aliphatic carbocycles. The van der Waals surface area contributed by atoms with Crippen LogP contribution in [-0.4, -0.2) is 105 Å². The van der Waals surface area contributed by atoms with Crippen molar-refractivity contribution in [1.82, 2.24) is 5.32 Å². The zero-order chi connectivity index (χ0) is 45.9. The molecular formula is C51H92N2O10. The lowest BCUT2D eigenvalue weighted by Crippen LogP contribution is -2.60. The monoisotopic (exact) mass is 893 g/mol. The molecule has 1 saturated heterocycles. The summed E-state index contributed by atoms with van der Waals surface area (Å²) in [5.74, 6) is -0.551. The van der Waals surface area contributed by atoms with E-state index in [0.29, 0.717) is 12.1 Å². The summed E-state index contributed by atoms with van der Waals surface area (Å²) in [6, 6.07) is 6.66. The minimum atomic E-state index is -1.66. The van der Waals surface area contributed by atoms with Gasteiger partial charge >= 0.3 is 0 Å². The Bertz CT molecular complexity index is 1250. The number of anilines is 1. The molecule has 2 amide bonds. The molecule has 12 heteroatoms. The molecule has 1 aromatic rings. The summed E-state index contributed by atoms with van der Waals surface area (Å²) < 4.78 is 11.1. The maximum absolute atomic E-state index is 13.1. The molecule has 12 nitrogen and oxygen atoms in total. The number of carbonyl (C=O) groups excluding carboxylic acids is 2. The fourth-order valence-electron chi connectivity index (χ4n) is 8.45. The normalized spacial score (nSPS) is 20.3. The highest BCUT2D eigenvalue weighted by Crippen LogP contribution is 2.23. The summed E-state index contributed by atoms with van der Waals surface area (Å²) in [6.07, 6.45) is 24.4. The van der Waals surface area contributed by atoms with Crippen LogP contribution in [0.2, 0.25) is 0 Å². The molecule has 0 unspecified atom stereocenters. The Morgan fingerprint density at radius 2 is 1.06 bits per heavy atom. The Balaban J connectivity index is 1.65. The summed E-state index contributed by atoms with van der Waals surface area (Å²) >= 11 is 0. The van der Waals surface area contributed by atoms with E-state index in [1.165, 1.54) is 134 Å². The third-order valence-corrected chi connectivity index (χ3v) is 12.7. The molecule has 0 radical (unpaired) electrons. The van der Waals surface area contributed by atoms with Crippen molar-refractivity contribution in [2.75, 3.05) is 18.5 Å². The second-order valence-corrected chi connectivity index (χ2v) is 18.4. The first kappa shape index (κ1) is 57.0. The van der Waals surface area contributed by atoms with Gasteiger partial charge in [-0.25, -0.2) is 0 Å². The topological polar surface area (TPSA) is 198 Å². The van der Waals surface area contributed by atoms with Gasteiger partial charge in [-0.3, -0.25) is 9.59 Å². The molecule has 2 rings (SSSR count). The van der Waals surface area contributed by atoms with Gasteiger partial charge in [0.25, 0.3) is 0 Å². The van der Waals surface area contributed by atoms with Crippen molar-refractivity contribution in [2.24, 2.45) is 0 Å². The van der Waals surface area contributed by atoms with Gasteiger partial charge in [0.15, 0.2) is 6.29 Å². The third kappa shape index (κ3) is 26.5. The Morgan fingerprint density at radius 3 is 1.56 bits per heavy atom. The van der Waals surface area contributed by atoms with E-state index < -0.39 is 62.2 Å². The Hall–Kier alpha value is -2.16. The molecule has 0 spiro atoms. The van der Waals surface area contributed by atoms with Gasteiger partial charge in [-0.15, -0.1) is 0 Å². The molecule has 1 aliphatic rings. The quantitative estimate of drug-likeness (QED) is 0.0295. The lowest BCUT2D eigenvalue weighted by molar-refractivity contribution is -0.303. The SMILES string of the molecule is CCCCCCCCCCCCCCCCCCCCCCCCCC(=O)N[C@@H](CO[C@H]1O[C@H](CO)[C@H](O)[C@H](O)[C@H]1O)[C@H](O)[C@H](O)CCCC(=O)Nc1ccc(CCCCC)cc1. The van der Waals surface area contributed by atoms with Crippen LogP contribution in [0.25, 0.3) is 0 Å². The van der Waals surface area contributed by atoms with Crippen LogP contribution in [0.4, 0.5) is 5.69 Å². The number of aliphatic hydroxyl groups excluding tert-OH is 6. The fourth-order valence-corrected chi connectivity index (χ4v) is 8.45. The molecule has 0 saturated carbocycles. The summed E-state index contributed by atoms with van der Waals surface area (Å²) in [4.78, 5) is 25.7. The highest BCUT2D eigenvalue weighted by Gasteiger charge is 2.44. The predicted octanol–water partition coefficient (Wildman–Crippen LogP) is 8.93. The molecule has 8 atom stereocenters. The minimum Gasteiger partial charge on any atom is -0.394 e. The lowest BCUT2D eigenvalue weighted by Gasteiger charge is -2.40. The van der Waals surface area contributed by atoms with Gasteiger partial charge in [-0.2, -0.15) is 0 Å². The standard InChI is InChI=1S/C51H92N2O10/c1-3-5-7-8-9-10-11-12-13-14-15-16-17-18-19-20-21-22-23-24-25-26-28-32-46(57)53-42(39-62-51-50(61)49(60)48(59)44(38-54)63-51)47(58)43(55)31-29-33-45(56)52-41-36-34-40(35-37-41)30-27-6-4-2/h34-37,42-44,47-51,54-55,58-61H,3-33,38-39H2,1-2H3,(H,52,56)(H,53,57)/t42-,43+,44+,47-,48-,49-,50+,51-/m0/s1. The van der Waals surface area contributed by atoms with Crippen LogP contribution in [0.15, 0.2) is 24.3 Å². The molecule has 0 aromatic heterocycles. The number of benzene rings is 1. The summed E-state index contributed by atoms with van der Waals surface area (Å²) in [7, 11) is 0. The lowest BCUT2D eigenvalue weighted by atomic mass is 9.99. The number of ether oxygens (including phenoxy) is 2. The number of amides is 2. The van der Waals surface area contributed by atoms with Crippen LogP contribution >= 0.6 is 0 Å². The molecule has 0 bridgehead atoms. The highest BCUT2D eigenvalue weighted by molar-refractivity contribution is 5.90. The molecular weight excluding hydrogens is 801 g/mol. The average molecular weight is 893 g/mol. The smallest absolute Gasteiger partial charge is 0.224 e. The van der Waals surface area contributed by atoms with Crippen molar-refractivity contribution in [1.29, 1.82) is 0 Å². The number of nitrogens with one attached hydrogen (secondary N) is 2.